The van der Waals surface area contributed by atoms with E-state index in [4.69, 9.17) is 26.8 Å². The maximum absolute atomic E-state index is 16.2. The van der Waals surface area contributed by atoms with Crippen LogP contribution in [0.25, 0.3) is 0 Å². The predicted molar refractivity (Wildman–Crippen MR) is 146 cm³/mol. The van der Waals surface area contributed by atoms with Crippen LogP contribution in [-0.4, -0.2) is 56.6 Å². The van der Waals surface area contributed by atoms with E-state index in [0.717, 1.165) is 37.8 Å². The van der Waals surface area contributed by atoms with Gasteiger partial charge in [0.25, 0.3) is 5.92 Å². The van der Waals surface area contributed by atoms with Crippen LogP contribution in [0.5, 0.6) is 11.5 Å². The highest BCUT2D eigenvalue weighted by Gasteiger charge is 2.53. The van der Waals surface area contributed by atoms with Crippen molar-refractivity contribution in [2.75, 3.05) is 7.11 Å². The normalized spacial score (nSPS) is 24.2. The molecule has 3 aliphatic rings. The fourth-order valence-corrected chi connectivity index (χ4v) is 7.54. The monoisotopic (exact) mass is 597 g/mol. The molecule has 2 heterocycles. The van der Waals surface area contributed by atoms with Gasteiger partial charge in [-0.2, -0.15) is 13.5 Å². The zero-order chi connectivity index (χ0) is 28.7. The standard InChI is InChI=1S/C28H34ClF2N3O5S/c1-38-25-14-17(6-13-24(25)29)28(30,31)26(27(35)34-19-7-8-20(34)16-18(32)15-19)33-40(36,37)23-11-9-22(10-12-23)39-21-4-2-3-5-21/h6,9-14,18-21,26,33H,2-5,7-8,15-16,32H2,1H3/t18?,19?,20?,26-/m0/s1. The number of sulfonamides is 1. The highest BCUT2D eigenvalue weighted by atomic mass is 35.5. The molecule has 12 heteroatoms. The zero-order valence-electron chi connectivity index (χ0n) is 22.2. The van der Waals surface area contributed by atoms with E-state index in [0.29, 0.717) is 31.4 Å². The minimum Gasteiger partial charge on any atom is -0.495 e. The summed E-state index contributed by atoms with van der Waals surface area (Å²) >= 11 is 6.04. The summed E-state index contributed by atoms with van der Waals surface area (Å²) in [4.78, 5) is 15.0. The lowest BCUT2D eigenvalue weighted by atomic mass is 9.94. The number of hydrogen-bond donors (Lipinski definition) is 2. The average Bonchev–Trinajstić information content (AvgIpc) is 3.53. The minimum absolute atomic E-state index is 0.0187. The molecule has 2 unspecified atom stereocenters. The van der Waals surface area contributed by atoms with Crippen LogP contribution in [0, 0.1) is 0 Å². The van der Waals surface area contributed by atoms with E-state index in [9.17, 15) is 13.2 Å². The summed E-state index contributed by atoms with van der Waals surface area (Å²) in [5, 5.41) is 0.105. The topological polar surface area (TPSA) is 111 Å². The number of ether oxygens (including phenoxy) is 2. The van der Waals surface area contributed by atoms with Gasteiger partial charge in [-0.3, -0.25) is 4.79 Å². The molecular formula is C28H34ClF2N3O5S. The van der Waals surface area contributed by atoms with E-state index in [1.54, 1.807) is 0 Å². The minimum atomic E-state index is -4.54. The molecule has 1 saturated carbocycles. The molecule has 2 aliphatic heterocycles. The van der Waals surface area contributed by atoms with Crippen LogP contribution < -0.4 is 19.9 Å². The SMILES string of the molecule is COc1cc(C(F)(F)[C@@H](NS(=O)(=O)c2ccc(OC3CCCC3)cc2)C(=O)N2C3CCC2CC(N)C3)ccc1Cl. The molecule has 0 aromatic heterocycles. The molecule has 2 bridgehead atoms. The number of hydrogen-bond acceptors (Lipinski definition) is 6. The highest BCUT2D eigenvalue weighted by molar-refractivity contribution is 7.89. The van der Waals surface area contributed by atoms with Crippen LogP contribution in [0.4, 0.5) is 8.78 Å². The molecule has 40 heavy (non-hydrogen) atoms. The lowest BCUT2D eigenvalue weighted by Crippen LogP contribution is -2.60. The lowest BCUT2D eigenvalue weighted by molar-refractivity contribution is -0.149. The van der Waals surface area contributed by atoms with Gasteiger partial charge in [-0.15, -0.1) is 0 Å². The van der Waals surface area contributed by atoms with E-state index in [2.05, 4.69) is 4.72 Å². The van der Waals surface area contributed by atoms with E-state index in [-0.39, 0.29) is 39.9 Å². The number of nitrogens with one attached hydrogen (secondary N) is 1. The van der Waals surface area contributed by atoms with Crippen LogP contribution in [-0.2, 0) is 20.7 Å². The Balaban J connectivity index is 1.46. The second-order valence-corrected chi connectivity index (χ2v) is 13.0. The van der Waals surface area contributed by atoms with Crippen LogP contribution in [0.2, 0.25) is 5.02 Å². The number of amides is 1. The Morgan fingerprint density at radius 1 is 1.07 bits per heavy atom. The number of benzene rings is 2. The second-order valence-electron chi connectivity index (χ2n) is 10.9. The number of nitrogens with two attached hydrogens (primary N) is 1. The van der Waals surface area contributed by atoms with Crippen LogP contribution >= 0.6 is 11.6 Å². The third-order valence-electron chi connectivity index (χ3n) is 8.18. The van der Waals surface area contributed by atoms with E-state index >= 15 is 8.78 Å². The van der Waals surface area contributed by atoms with Gasteiger partial charge in [-0.25, -0.2) is 8.42 Å². The Hall–Kier alpha value is -2.47. The summed E-state index contributed by atoms with van der Waals surface area (Å²) in [5.41, 5.74) is 5.52. The van der Waals surface area contributed by atoms with E-state index < -0.39 is 33.5 Å². The fourth-order valence-electron chi connectivity index (χ4n) is 6.16. The molecule has 3 fully saturated rings. The quantitative estimate of drug-likeness (QED) is 0.437. The summed E-state index contributed by atoms with van der Waals surface area (Å²) < 4.78 is 72.4. The molecule has 2 saturated heterocycles. The van der Waals surface area contributed by atoms with Crippen molar-refractivity contribution < 1.29 is 31.5 Å². The molecule has 8 nitrogen and oxygen atoms in total. The molecule has 3 atom stereocenters. The average molecular weight is 598 g/mol. The first-order valence-corrected chi connectivity index (χ1v) is 15.4. The first kappa shape index (κ1) is 29.0. The summed E-state index contributed by atoms with van der Waals surface area (Å²) in [6, 6.07) is 5.71. The molecule has 218 valence electrons. The molecule has 2 aromatic carbocycles. The predicted octanol–water partition coefficient (Wildman–Crippen LogP) is 4.59. The van der Waals surface area contributed by atoms with Crippen LogP contribution in [0.3, 0.4) is 0 Å². The Kier molecular flexibility index (Phi) is 8.29. The first-order valence-electron chi connectivity index (χ1n) is 13.6. The second kappa shape index (κ2) is 11.4. The lowest BCUT2D eigenvalue weighted by Gasteiger charge is -2.41. The maximum atomic E-state index is 16.2. The maximum Gasteiger partial charge on any atom is 0.298 e. The number of carbonyl (C=O) groups is 1. The fraction of sp³-hybridized carbons (Fsp3) is 0.536. The third kappa shape index (κ3) is 5.79. The first-order chi connectivity index (χ1) is 19.0. The molecule has 1 amide bonds. The van der Waals surface area contributed by atoms with Crippen molar-refractivity contribution in [3.05, 3.63) is 53.1 Å². The Morgan fingerprint density at radius 3 is 2.30 bits per heavy atom. The molecule has 1 aliphatic carbocycles. The van der Waals surface area contributed by atoms with Gasteiger partial charge in [0.2, 0.25) is 15.9 Å². The number of piperidine rings is 1. The van der Waals surface area contributed by atoms with Gasteiger partial charge in [0, 0.05) is 23.7 Å². The molecule has 5 rings (SSSR count). The van der Waals surface area contributed by atoms with Crippen molar-refractivity contribution in [3.8, 4) is 11.5 Å². The number of halogens is 3. The molecule has 3 N–H and O–H groups in total. The van der Waals surface area contributed by atoms with Crippen molar-refractivity contribution in [1.82, 2.24) is 9.62 Å². The highest BCUT2D eigenvalue weighted by Crippen LogP contribution is 2.41. The Labute approximate surface area is 238 Å². The van der Waals surface area contributed by atoms with E-state index in [1.165, 1.54) is 42.3 Å². The molecule has 2 aromatic rings. The Morgan fingerprint density at radius 2 is 1.70 bits per heavy atom. The van der Waals surface area contributed by atoms with Gasteiger partial charge in [-0.1, -0.05) is 17.7 Å². The Bertz CT molecular complexity index is 1320. The van der Waals surface area contributed by atoms with Crippen molar-refractivity contribution in [3.63, 3.8) is 0 Å². The van der Waals surface area contributed by atoms with Gasteiger partial charge < -0.3 is 20.1 Å². The summed E-state index contributed by atoms with van der Waals surface area (Å²) in [6.07, 6.45) is 6.31. The van der Waals surface area contributed by atoms with Crippen molar-refractivity contribution in [2.45, 2.75) is 92.5 Å². The van der Waals surface area contributed by atoms with Crippen molar-refractivity contribution >= 4 is 27.5 Å². The molecule has 0 radical (unpaired) electrons. The summed E-state index contributed by atoms with van der Waals surface area (Å²) in [7, 11) is -3.26. The van der Waals surface area contributed by atoms with Crippen molar-refractivity contribution in [2.24, 2.45) is 5.73 Å². The number of rotatable bonds is 9. The number of nitrogens with zero attached hydrogens (tertiary/aromatic N) is 1. The van der Waals surface area contributed by atoms with Gasteiger partial charge in [-0.05, 0) is 87.8 Å². The van der Waals surface area contributed by atoms with Gasteiger partial charge >= 0.3 is 0 Å². The van der Waals surface area contributed by atoms with E-state index in [1.807, 2.05) is 0 Å². The third-order valence-corrected chi connectivity index (χ3v) is 9.93. The number of alkyl halides is 2. The number of fused-ring (bicyclic) bond motifs is 2. The van der Waals surface area contributed by atoms with Gasteiger partial charge in [0.05, 0.1) is 23.1 Å². The van der Waals surface area contributed by atoms with Crippen LogP contribution in [0.15, 0.2) is 47.4 Å². The van der Waals surface area contributed by atoms with Crippen LogP contribution in [0.1, 0.15) is 56.9 Å². The van der Waals surface area contributed by atoms with Gasteiger partial charge in [0.15, 0.2) is 6.04 Å². The summed E-state index contributed by atoms with van der Waals surface area (Å²) in [5.74, 6) is -4.44. The zero-order valence-corrected chi connectivity index (χ0v) is 23.8. The summed E-state index contributed by atoms with van der Waals surface area (Å²) in [6.45, 7) is 0. The molecular weight excluding hydrogens is 564 g/mol. The number of carbonyl (C=O) groups excluding carboxylic acids is 1. The molecule has 0 spiro atoms. The largest absolute Gasteiger partial charge is 0.495 e. The number of methoxy groups -OCH3 is 1. The van der Waals surface area contributed by atoms with Gasteiger partial charge in [0.1, 0.15) is 11.5 Å². The van der Waals surface area contributed by atoms with Crippen molar-refractivity contribution in [1.29, 1.82) is 0 Å². The smallest absolute Gasteiger partial charge is 0.298 e.